The fourth-order valence-corrected chi connectivity index (χ4v) is 4.74. The summed E-state index contributed by atoms with van der Waals surface area (Å²) < 4.78 is 0. The summed E-state index contributed by atoms with van der Waals surface area (Å²) in [5.41, 5.74) is 1.17. The minimum atomic E-state index is 0.149. The summed E-state index contributed by atoms with van der Waals surface area (Å²) in [7, 11) is 0. The smallest absolute Gasteiger partial charge is 0.317 e. The van der Waals surface area contributed by atoms with E-state index in [9.17, 15) is 4.79 Å². The standard InChI is InChI=1S/C19H29N5O/c1-15-7-8-17(22-21-15)23-11-4-9-19(13-23)10-12-24(14-19)18(25)20-16-5-2-3-6-16/h7-8,16H,2-6,9-14H2,1H3,(H,20,25)/t19-/m0/s1. The monoisotopic (exact) mass is 343 g/mol. The summed E-state index contributed by atoms with van der Waals surface area (Å²) in [6.45, 7) is 5.74. The third-order valence-electron chi connectivity index (χ3n) is 6.18. The second kappa shape index (κ2) is 6.81. The van der Waals surface area contributed by atoms with Gasteiger partial charge in [0.25, 0.3) is 0 Å². The Morgan fingerprint density at radius 2 is 1.96 bits per heavy atom. The molecule has 6 nitrogen and oxygen atoms in total. The molecule has 1 aliphatic carbocycles. The Bertz CT molecular complexity index is 613. The number of urea groups is 1. The first-order valence-electron chi connectivity index (χ1n) is 9.74. The fraction of sp³-hybridized carbons (Fsp3) is 0.737. The average molecular weight is 343 g/mol. The van der Waals surface area contributed by atoms with Crippen molar-refractivity contribution in [3.63, 3.8) is 0 Å². The number of anilines is 1. The van der Waals surface area contributed by atoms with E-state index in [0.717, 1.165) is 63.4 Å². The molecule has 1 atom stereocenters. The fourth-order valence-electron chi connectivity index (χ4n) is 4.74. The highest BCUT2D eigenvalue weighted by Crippen LogP contribution is 2.40. The highest BCUT2D eigenvalue weighted by Gasteiger charge is 2.43. The first-order valence-corrected chi connectivity index (χ1v) is 9.74. The van der Waals surface area contributed by atoms with E-state index < -0.39 is 0 Å². The number of aromatic nitrogens is 2. The van der Waals surface area contributed by atoms with Crippen LogP contribution < -0.4 is 10.2 Å². The maximum Gasteiger partial charge on any atom is 0.317 e. The van der Waals surface area contributed by atoms with Crippen LogP contribution in [0, 0.1) is 12.3 Å². The molecule has 0 unspecified atom stereocenters. The van der Waals surface area contributed by atoms with Gasteiger partial charge in [0.2, 0.25) is 0 Å². The highest BCUT2D eigenvalue weighted by molar-refractivity contribution is 5.75. The van der Waals surface area contributed by atoms with Gasteiger partial charge in [-0.25, -0.2) is 4.79 Å². The van der Waals surface area contributed by atoms with E-state index in [1.54, 1.807) is 0 Å². The summed E-state index contributed by atoms with van der Waals surface area (Å²) in [6.07, 6.45) is 8.25. The van der Waals surface area contributed by atoms with Gasteiger partial charge in [0.15, 0.2) is 5.82 Å². The van der Waals surface area contributed by atoms with Crippen molar-refractivity contribution in [2.75, 3.05) is 31.1 Å². The van der Waals surface area contributed by atoms with E-state index in [1.807, 2.05) is 17.9 Å². The van der Waals surface area contributed by atoms with Crippen molar-refractivity contribution >= 4 is 11.8 Å². The predicted octanol–water partition coefficient (Wildman–Crippen LogP) is 2.73. The first kappa shape index (κ1) is 16.6. The summed E-state index contributed by atoms with van der Waals surface area (Å²) in [4.78, 5) is 17.0. The quantitative estimate of drug-likeness (QED) is 0.897. The largest absolute Gasteiger partial charge is 0.355 e. The maximum atomic E-state index is 12.6. The Morgan fingerprint density at radius 3 is 2.72 bits per heavy atom. The molecule has 1 N–H and O–H groups in total. The molecular formula is C19H29N5O. The molecule has 2 amide bonds. The number of rotatable bonds is 2. The number of nitrogens with zero attached hydrogens (tertiary/aromatic N) is 4. The number of hydrogen-bond acceptors (Lipinski definition) is 4. The molecule has 2 aliphatic heterocycles. The normalized spacial score (nSPS) is 27.2. The SMILES string of the molecule is Cc1ccc(N2CCC[C@]3(CCN(C(=O)NC4CCCC4)C3)C2)nn1. The Morgan fingerprint density at radius 1 is 1.12 bits per heavy atom. The molecule has 25 heavy (non-hydrogen) atoms. The highest BCUT2D eigenvalue weighted by atomic mass is 16.2. The molecule has 3 heterocycles. The zero-order valence-corrected chi connectivity index (χ0v) is 15.2. The van der Waals surface area contributed by atoms with E-state index in [1.165, 1.54) is 19.3 Å². The number of piperidine rings is 1. The lowest BCUT2D eigenvalue weighted by molar-refractivity contribution is 0.188. The Hall–Kier alpha value is -1.85. The molecule has 2 saturated heterocycles. The molecule has 3 aliphatic rings. The van der Waals surface area contributed by atoms with E-state index in [4.69, 9.17) is 0 Å². The summed E-state index contributed by atoms with van der Waals surface area (Å²) in [5.74, 6) is 0.971. The number of nitrogens with one attached hydrogen (secondary N) is 1. The zero-order valence-electron chi connectivity index (χ0n) is 15.2. The van der Waals surface area contributed by atoms with Crippen LogP contribution in [-0.4, -0.2) is 53.3 Å². The van der Waals surface area contributed by atoms with Crippen LogP contribution in [0.15, 0.2) is 12.1 Å². The van der Waals surface area contributed by atoms with Crippen LogP contribution in [0.3, 0.4) is 0 Å². The van der Waals surface area contributed by atoms with Crippen molar-refractivity contribution in [1.82, 2.24) is 20.4 Å². The van der Waals surface area contributed by atoms with Crippen LogP contribution in [0.2, 0.25) is 0 Å². The van der Waals surface area contributed by atoms with Crippen molar-refractivity contribution < 1.29 is 4.79 Å². The molecule has 1 aromatic heterocycles. The lowest BCUT2D eigenvalue weighted by Crippen LogP contribution is -2.48. The lowest BCUT2D eigenvalue weighted by atomic mass is 9.79. The van der Waals surface area contributed by atoms with E-state index in [0.29, 0.717) is 6.04 Å². The lowest BCUT2D eigenvalue weighted by Gasteiger charge is -2.40. The zero-order chi connectivity index (χ0) is 17.3. The molecule has 4 rings (SSSR count). The van der Waals surface area contributed by atoms with Gasteiger partial charge < -0.3 is 15.1 Å². The van der Waals surface area contributed by atoms with E-state index >= 15 is 0 Å². The molecule has 6 heteroatoms. The van der Waals surface area contributed by atoms with Crippen molar-refractivity contribution in [3.05, 3.63) is 17.8 Å². The number of hydrogen-bond donors (Lipinski definition) is 1. The Balaban J connectivity index is 1.38. The van der Waals surface area contributed by atoms with Crippen molar-refractivity contribution in [3.8, 4) is 0 Å². The molecule has 0 aromatic carbocycles. The number of likely N-dealkylation sites (tertiary alicyclic amines) is 1. The van der Waals surface area contributed by atoms with Crippen LogP contribution in [0.25, 0.3) is 0 Å². The predicted molar refractivity (Wildman–Crippen MR) is 97.6 cm³/mol. The molecule has 1 saturated carbocycles. The summed E-state index contributed by atoms with van der Waals surface area (Å²) in [6, 6.07) is 4.64. The average Bonchev–Trinajstić information content (AvgIpc) is 3.26. The van der Waals surface area contributed by atoms with Gasteiger partial charge in [-0.3, -0.25) is 0 Å². The third kappa shape index (κ3) is 3.58. The topological polar surface area (TPSA) is 61.4 Å². The first-order chi connectivity index (χ1) is 12.1. The van der Waals surface area contributed by atoms with Crippen molar-refractivity contribution in [2.24, 2.45) is 5.41 Å². The van der Waals surface area contributed by atoms with Crippen LogP contribution >= 0.6 is 0 Å². The van der Waals surface area contributed by atoms with Gasteiger partial charge in [0.1, 0.15) is 0 Å². The van der Waals surface area contributed by atoms with Crippen molar-refractivity contribution in [1.29, 1.82) is 0 Å². The second-order valence-corrected chi connectivity index (χ2v) is 8.16. The van der Waals surface area contributed by atoms with Crippen LogP contribution in [-0.2, 0) is 0 Å². The maximum absolute atomic E-state index is 12.6. The molecule has 3 fully saturated rings. The van der Waals surface area contributed by atoms with Crippen LogP contribution in [0.5, 0.6) is 0 Å². The van der Waals surface area contributed by atoms with Crippen molar-refractivity contribution in [2.45, 2.75) is 57.9 Å². The van der Waals surface area contributed by atoms with Gasteiger partial charge in [-0.2, -0.15) is 5.10 Å². The third-order valence-corrected chi connectivity index (χ3v) is 6.18. The van der Waals surface area contributed by atoms with Crippen LogP contribution in [0.4, 0.5) is 10.6 Å². The summed E-state index contributed by atoms with van der Waals surface area (Å²) >= 11 is 0. The van der Waals surface area contributed by atoms with Gasteiger partial charge in [0, 0.05) is 37.6 Å². The number of aryl methyl sites for hydroxylation is 1. The minimum absolute atomic E-state index is 0.149. The van der Waals surface area contributed by atoms with Crippen LogP contribution in [0.1, 0.15) is 50.6 Å². The van der Waals surface area contributed by atoms with Gasteiger partial charge >= 0.3 is 6.03 Å². The number of carbonyl (C=O) groups excluding carboxylic acids is 1. The molecule has 136 valence electrons. The van der Waals surface area contributed by atoms with Gasteiger partial charge in [-0.15, -0.1) is 5.10 Å². The number of amides is 2. The molecule has 1 spiro atoms. The Kier molecular flexibility index (Phi) is 4.52. The van der Waals surface area contributed by atoms with E-state index in [-0.39, 0.29) is 11.4 Å². The Labute approximate surface area is 150 Å². The van der Waals surface area contributed by atoms with E-state index in [2.05, 4.69) is 26.5 Å². The molecule has 0 bridgehead atoms. The summed E-state index contributed by atoms with van der Waals surface area (Å²) in [5, 5.41) is 11.8. The molecule has 1 aromatic rings. The minimum Gasteiger partial charge on any atom is -0.355 e. The number of carbonyl (C=O) groups is 1. The molecular weight excluding hydrogens is 314 g/mol. The van der Waals surface area contributed by atoms with Gasteiger partial charge in [0.05, 0.1) is 5.69 Å². The molecule has 0 radical (unpaired) electrons. The van der Waals surface area contributed by atoms with Gasteiger partial charge in [-0.1, -0.05) is 12.8 Å². The second-order valence-electron chi connectivity index (χ2n) is 8.16. The van der Waals surface area contributed by atoms with Gasteiger partial charge in [-0.05, 0) is 51.2 Å².